The third-order valence-corrected chi connectivity index (χ3v) is 0. The summed E-state index contributed by atoms with van der Waals surface area (Å²) in [4.78, 5) is 0. The van der Waals surface area contributed by atoms with Gasteiger partial charge in [0.25, 0.3) is 0 Å². The number of rotatable bonds is 0. The van der Waals surface area contributed by atoms with Gasteiger partial charge in [0.05, 0.1) is 0 Å². The predicted octanol–water partition coefficient (Wildman–Crippen LogP) is 2.47. The van der Waals surface area contributed by atoms with Gasteiger partial charge in [0.15, 0.2) is 0 Å². The van der Waals surface area contributed by atoms with Gasteiger partial charge in [0.2, 0.25) is 0 Å². The van der Waals surface area contributed by atoms with Crippen LogP contribution in [0.4, 0.5) is 0 Å². The van der Waals surface area contributed by atoms with Crippen LogP contribution in [-0.4, -0.2) is 0 Å². The predicted molar refractivity (Wildman–Crippen MR) is 34.7 cm³/mol. The van der Waals surface area contributed by atoms with E-state index in [2.05, 4.69) is 33.4 Å². The van der Waals surface area contributed by atoms with Crippen LogP contribution < -0.4 is 0 Å². The molecule has 0 atom stereocenters. The Labute approximate surface area is 78.6 Å². The third-order valence-electron chi connectivity index (χ3n) is 0. The van der Waals surface area contributed by atoms with Gasteiger partial charge in [-0.15, -0.1) is 0 Å². The van der Waals surface area contributed by atoms with E-state index >= 15 is 0 Å². The molecule has 0 aliphatic heterocycles. The average molecular weight is 187 g/mol. The Kier molecular flexibility index (Phi) is 31.2. The SMILES string of the molecule is C=[C-]C.[CH2-]C(C)C.[Y]. The van der Waals surface area contributed by atoms with E-state index in [-0.39, 0.29) is 32.7 Å². The summed E-state index contributed by atoms with van der Waals surface area (Å²) in [7, 11) is 0. The van der Waals surface area contributed by atoms with Crippen LogP contribution in [0.2, 0.25) is 0 Å². The fraction of sp³-hybridized carbons (Fsp3) is 0.571. The molecule has 0 heterocycles. The van der Waals surface area contributed by atoms with Crippen molar-refractivity contribution in [3.05, 3.63) is 19.6 Å². The van der Waals surface area contributed by atoms with Crippen molar-refractivity contribution in [3.8, 4) is 0 Å². The summed E-state index contributed by atoms with van der Waals surface area (Å²) in [6, 6.07) is 0. The molecular formula is C7H14Y-2. The first kappa shape index (κ1) is 15.9. The first-order valence-corrected chi connectivity index (χ1v) is 2.42. The van der Waals surface area contributed by atoms with Crippen molar-refractivity contribution in [2.24, 2.45) is 5.92 Å². The third kappa shape index (κ3) is 328. The minimum absolute atomic E-state index is 0. The van der Waals surface area contributed by atoms with E-state index in [0.717, 1.165) is 0 Å². The summed E-state index contributed by atoms with van der Waals surface area (Å²) < 4.78 is 0. The normalized spacial score (nSPS) is 6.12. The molecule has 0 aromatic heterocycles. The van der Waals surface area contributed by atoms with Gasteiger partial charge < -0.3 is 13.0 Å². The fourth-order valence-corrected chi connectivity index (χ4v) is 0. The van der Waals surface area contributed by atoms with E-state index < -0.39 is 0 Å². The summed E-state index contributed by atoms with van der Waals surface area (Å²) in [6.07, 6.45) is 2.50. The maximum Gasteiger partial charge on any atom is 0 e. The monoisotopic (exact) mass is 187 g/mol. The second-order valence-corrected chi connectivity index (χ2v) is 1.75. The topological polar surface area (TPSA) is 0 Å². The van der Waals surface area contributed by atoms with Crippen molar-refractivity contribution in [2.45, 2.75) is 20.8 Å². The van der Waals surface area contributed by atoms with Gasteiger partial charge in [-0.05, 0) is 0 Å². The summed E-state index contributed by atoms with van der Waals surface area (Å²) in [5.41, 5.74) is 0. The Hall–Kier alpha value is 0.844. The Morgan fingerprint density at radius 2 is 1.50 bits per heavy atom. The van der Waals surface area contributed by atoms with Crippen molar-refractivity contribution < 1.29 is 32.7 Å². The molecule has 8 heavy (non-hydrogen) atoms. The summed E-state index contributed by atoms with van der Waals surface area (Å²) in [6.45, 7) is 12.8. The van der Waals surface area contributed by atoms with Crippen molar-refractivity contribution in [3.63, 3.8) is 0 Å². The van der Waals surface area contributed by atoms with Crippen LogP contribution in [0, 0.1) is 18.9 Å². The van der Waals surface area contributed by atoms with Gasteiger partial charge in [0, 0.05) is 32.7 Å². The number of allylic oxidation sites excluding steroid dienone is 1. The average Bonchev–Trinajstić information content (AvgIpc) is 1.33. The summed E-state index contributed by atoms with van der Waals surface area (Å²) in [5.74, 6) is 0.583. The van der Waals surface area contributed by atoms with Crippen molar-refractivity contribution >= 4 is 0 Å². The van der Waals surface area contributed by atoms with Crippen LogP contribution in [0.25, 0.3) is 0 Å². The van der Waals surface area contributed by atoms with Gasteiger partial charge in [0.1, 0.15) is 0 Å². The van der Waals surface area contributed by atoms with Gasteiger partial charge >= 0.3 is 0 Å². The molecule has 0 saturated heterocycles. The molecular weight excluding hydrogens is 173 g/mol. The molecule has 0 aromatic rings. The summed E-state index contributed by atoms with van der Waals surface area (Å²) in [5, 5.41) is 0. The molecule has 0 N–H and O–H groups in total. The molecule has 0 saturated carbocycles. The molecule has 1 radical (unpaired) electrons. The molecule has 0 aliphatic carbocycles. The Bertz CT molecular complexity index is 28.6. The number of hydrogen-bond donors (Lipinski definition) is 0. The van der Waals surface area contributed by atoms with Crippen LogP contribution in [0.15, 0.2) is 6.58 Å². The quantitative estimate of drug-likeness (QED) is 0.511. The van der Waals surface area contributed by atoms with Gasteiger partial charge in [-0.3, -0.25) is 6.58 Å². The maximum absolute atomic E-state index is 3.64. The Morgan fingerprint density at radius 3 is 1.50 bits per heavy atom. The molecule has 0 amide bonds. The molecule has 47 valence electrons. The van der Waals surface area contributed by atoms with Gasteiger partial charge in [-0.2, -0.15) is 12.8 Å². The first-order valence-electron chi connectivity index (χ1n) is 2.42. The molecule has 0 nitrogen and oxygen atoms in total. The molecule has 1 heteroatoms. The van der Waals surface area contributed by atoms with Crippen LogP contribution >= 0.6 is 0 Å². The van der Waals surface area contributed by atoms with Crippen molar-refractivity contribution in [2.75, 3.05) is 0 Å². The van der Waals surface area contributed by atoms with Gasteiger partial charge in [-0.25, -0.2) is 0 Å². The smallest absolute Gasteiger partial charge is 0 e. The van der Waals surface area contributed by atoms with Crippen molar-refractivity contribution in [1.29, 1.82) is 0 Å². The van der Waals surface area contributed by atoms with Crippen molar-refractivity contribution in [1.82, 2.24) is 0 Å². The molecule has 0 rings (SSSR count). The fourth-order valence-electron chi connectivity index (χ4n) is 0. The first-order chi connectivity index (χ1) is 3.15. The van der Waals surface area contributed by atoms with Gasteiger partial charge in [-0.1, -0.05) is 13.8 Å². The standard InChI is InChI=1S/C4H9.C3H5.Y/c1-4(2)3;1-3-2;/h4H,1H2,2-3H3;1H2,2H3;/q2*-1;. The van der Waals surface area contributed by atoms with Crippen LogP contribution in [-0.2, 0) is 32.7 Å². The second-order valence-electron chi connectivity index (χ2n) is 1.75. The van der Waals surface area contributed by atoms with E-state index in [0.29, 0.717) is 5.92 Å². The minimum Gasteiger partial charge on any atom is -0.507 e. The summed E-state index contributed by atoms with van der Waals surface area (Å²) >= 11 is 0. The molecule has 0 aromatic carbocycles. The van der Waals surface area contributed by atoms with Crippen LogP contribution in [0.3, 0.4) is 0 Å². The van der Waals surface area contributed by atoms with E-state index in [1.54, 1.807) is 6.92 Å². The Morgan fingerprint density at radius 1 is 1.50 bits per heavy atom. The zero-order valence-corrected chi connectivity index (χ0v) is 8.91. The van der Waals surface area contributed by atoms with Crippen LogP contribution in [0.5, 0.6) is 0 Å². The Balaban J connectivity index is -0.0000000575. The second kappa shape index (κ2) is 15.7. The maximum atomic E-state index is 3.64. The molecule has 0 spiro atoms. The van der Waals surface area contributed by atoms with E-state index in [1.165, 1.54) is 0 Å². The molecule has 0 bridgehead atoms. The molecule has 0 unspecified atom stereocenters. The van der Waals surface area contributed by atoms with Crippen LogP contribution in [0.1, 0.15) is 20.8 Å². The largest absolute Gasteiger partial charge is 0.507 e. The zero-order chi connectivity index (χ0) is 6.28. The zero-order valence-electron chi connectivity index (χ0n) is 6.07. The van der Waals surface area contributed by atoms with E-state index in [9.17, 15) is 0 Å². The number of hydrogen-bond acceptors (Lipinski definition) is 0. The molecule has 0 fully saturated rings. The molecule has 0 aliphatic rings. The van der Waals surface area contributed by atoms with E-state index in [1.807, 2.05) is 0 Å². The minimum atomic E-state index is 0. The van der Waals surface area contributed by atoms with E-state index in [4.69, 9.17) is 0 Å².